The molecule has 2 aliphatic carbocycles. The standard InChI is InChI=1S/C14H15ClN2O2S/c15-13-3-5-14(6-4-13)20(18,19)17-16-9-12-8-10-1-2-11(12)7-10/h1-6,9-12,17H,7-8H2. The second-order valence-electron chi connectivity index (χ2n) is 5.27. The van der Waals surface area contributed by atoms with Gasteiger partial charge in [-0.3, -0.25) is 0 Å². The molecule has 1 fully saturated rings. The Hall–Kier alpha value is -1.33. The van der Waals surface area contributed by atoms with Crippen molar-refractivity contribution in [2.45, 2.75) is 17.7 Å². The maximum absolute atomic E-state index is 12.0. The molecule has 1 saturated carbocycles. The predicted molar refractivity (Wildman–Crippen MR) is 79.1 cm³/mol. The second-order valence-corrected chi connectivity index (χ2v) is 7.37. The van der Waals surface area contributed by atoms with Gasteiger partial charge >= 0.3 is 0 Å². The monoisotopic (exact) mass is 310 g/mol. The predicted octanol–water partition coefficient (Wildman–Crippen LogP) is 2.82. The third-order valence-corrected chi connectivity index (χ3v) is 5.38. The number of hydrogen-bond donors (Lipinski definition) is 1. The number of nitrogens with one attached hydrogen (secondary N) is 1. The Morgan fingerprint density at radius 2 is 1.95 bits per heavy atom. The van der Waals surface area contributed by atoms with Crippen LogP contribution in [0.5, 0.6) is 0 Å². The zero-order valence-electron chi connectivity index (χ0n) is 10.7. The minimum absolute atomic E-state index is 0.159. The summed E-state index contributed by atoms with van der Waals surface area (Å²) in [5.41, 5.74) is 0. The molecule has 2 aliphatic rings. The van der Waals surface area contributed by atoms with Crippen molar-refractivity contribution in [1.29, 1.82) is 0 Å². The lowest BCUT2D eigenvalue weighted by molar-refractivity contribution is 0.578. The van der Waals surface area contributed by atoms with E-state index < -0.39 is 10.0 Å². The molecule has 0 radical (unpaired) electrons. The molecular weight excluding hydrogens is 296 g/mol. The number of fused-ring (bicyclic) bond motifs is 2. The van der Waals surface area contributed by atoms with Gasteiger partial charge in [-0.2, -0.15) is 13.5 Å². The van der Waals surface area contributed by atoms with Crippen molar-refractivity contribution in [3.8, 4) is 0 Å². The quantitative estimate of drug-likeness (QED) is 0.528. The molecule has 0 aromatic heterocycles. The van der Waals surface area contributed by atoms with Gasteiger partial charge in [-0.15, -0.1) is 0 Å². The lowest BCUT2D eigenvalue weighted by Crippen LogP contribution is -2.20. The van der Waals surface area contributed by atoms with Crippen LogP contribution in [0, 0.1) is 17.8 Å². The average molecular weight is 311 g/mol. The van der Waals surface area contributed by atoms with Gasteiger partial charge in [0, 0.05) is 17.2 Å². The maximum Gasteiger partial charge on any atom is 0.276 e. The van der Waals surface area contributed by atoms with Gasteiger partial charge in [0.15, 0.2) is 0 Å². The number of allylic oxidation sites excluding steroid dienone is 2. The van der Waals surface area contributed by atoms with Gasteiger partial charge in [-0.1, -0.05) is 23.8 Å². The van der Waals surface area contributed by atoms with E-state index in [0.717, 1.165) is 6.42 Å². The highest BCUT2D eigenvalue weighted by molar-refractivity contribution is 7.89. The topological polar surface area (TPSA) is 58.5 Å². The Morgan fingerprint density at radius 3 is 2.55 bits per heavy atom. The number of rotatable bonds is 4. The van der Waals surface area contributed by atoms with E-state index in [4.69, 9.17) is 11.6 Å². The largest absolute Gasteiger partial charge is 0.276 e. The fourth-order valence-corrected chi connectivity index (χ4v) is 3.78. The van der Waals surface area contributed by atoms with Gasteiger partial charge in [-0.25, -0.2) is 4.83 Å². The molecule has 1 aromatic rings. The highest BCUT2D eigenvalue weighted by atomic mass is 35.5. The number of hydrogen-bond acceptors (Lipinski definition) is 3. The first-order chi connectivity index (χ1) is 9.54. The van der Waals surface area contributed by atoms with Crippen LogP contribution < -0.4 is 4.83 Å². The number of sulfonamides is 1. The van der Waals surface area contributed by atoms with Crippen LogP contribution in [-0.2, 0) is 10.0 Å². The summed E-state index contributed by atoms with van der Waals surface area (Å²) in [5, 5.41) is 4.41. The summed E-state index contributed by atoms with van der Waals surface area (Å²) in [5.74, 6) is 1.51. The number of nitrogens with zero attached hydrogens (tertiary/aromatic N) is 1. The SMILES string of the molecule is O=S(=O)(NN=CC1CC2C=CC1C2)c1ccc(Cl)cc1. The average Bonchev–Trinajstić information content (AvgIpc) is 3.01. The van der Waals surface area contributed by atoms with E-state index in [1.54, 1.807) is 18.3 Å². The lowest BCUT2D eigenvalue weighted by atomic mass is 9.95. The Kier molecular flexibility index (Phi) is 3.56. The van der Waals surface area contributed by atoms with Gasteiger partial charge in [0.25, 0.3) is 10.0 Å². The Labute approximate surface area is 123 Å². The highest BCUT2D eigenvalue weighted by Crippen LogP contribution is 2.42. The van der Waals surface area contributed by atoms with Gasteiger partial charge in [0.05, 0.1) is 4.90 Å². The van der Waals surface area contributed by atoms with Crippen LogP contribution in [0.15, 0.2) is 46.4 Å². The van der Waals surface area contributed by atoms with Crippen LogP contribution in [-0.4, -0.2) is 14.6 Å². The Morgan fingerprint density at radius 1 is 1.20 bits per heavy atom. The molecule has 20 heavy (non-hydrogen) atoms. The van der Waals surface area contributed by atoms with Crippen molar-refractivity contribution < 1.29 is 8.42 Å². The number of halogens is 1. The molecule has 4 nitrogen and oxygen atoms in total. The summed E-state index contributed by atoms with van der Waals surface area (Å²) >= 11 is 5.74. The van der Waals surface area contributed by atoms with Crippen LogP contribution in [0.4, 0.5) is 0 Å². The molecule has 0 amide bonds. The van der Waals surface area contributed by atoms with E-state index in [9.17, 15) is 8.42 Å². The lowest BCUT2D eigenvalue weighted by Gasteiger charge is -2.12. The highest BCUT2D eigenvalue weighted by Gasteiger charge is 2.34. The zero-order valence-corrected chi connectivity index (χ0v) is 12.3. The molecule has 2 bridgehead atoms. The van der Waals surface area contributed by atoms with Crippen LogP contribution >= 0.6 is 11.6 Å². The molecule has 3 unspecified atom stereocenters. The van der Waals surface area contributed by atoms with Crippen molar-refractivity contribution in [2.75, 3.05) is 0 Å². The molecule has 3 rings (SSSR count). The smallest absolute Gasteiger partial charge is 0.200 e. The normalized spacial score (nSPS) is 28.4. The molecule has 6 heteroatoms. The Balaban J connectivity index is 1.65. The summed E-state index contributed by atoms with van der Waals surface area (Å²) in [6, 6.07) is 6.00. The third kappa shape index (κ3) is 2.74. The molecular formula is C14H15ClN2O2S. The first-order valence-electron chi connectivity index (χ1n) is 6.53. The Bertz CT molecular complexity index is 652. The van der Waals surface area contributed by atoms with Gasteiger partial charge < -0.3 is 0 Å². The first kappa shape index (κ1) is 13.6. The zero-order chi connectivity index (χ0) is 14.2. The number of hydrazone groups is 1. The first-order valence-corrected chi connectivity index (χ1v) is 8.39. The summed E-state index contributed by atoms with van der Waals surface area (Å²) in [6.07, 6.45) is 8.40. The van der Waals surface area contributed by atoms with Crippen LogP contribution in [0.3, 0.4) is 0 Å². The van der Waals surface area contributed by atoms with E-state index in [2.05, 4.69) is 22.1 Å². The fourth-order valence-electron chi connectivity index (χ4n) is 2.86. The summed E-state index contributed by atoms with van der Waals surface area (Å²) in [7, 11) is -3.61. The van der Waals surface area contributed by atoms with E-state index in [1.807, 2.05) is 0 Å². The fraction of sp³-hybridized carbons (Fsp3) is 0.357. The third-order valence-electron chi connectivity index (χ3n) is 3.89. The van der Waals surface area contributed by atoms with E-state index >= 15 is 0 Å². The molecule has 1 aromatic carbocycles. The van der Waals surface area contributed by atoms with E-state index in [-0.39, 0.29) is 4.90 Å². The van der Waals surface area contributed by atoms with Crippen LogP contribution in [0.2, 0.25) is 5.02 Å². The summed E-state index contributed by atoms with van der Waals surface area (Å²) in [4.78, 5) is 2.41. The van der Waals surface area contributed by atoms with E-state index in [0.29, 0.717) is 22.8 Å². The molecule has 0 heterocycles. The molecule has 3 atom stereocenters. The molecule has 0 spiro atoms. The molecule has 0 aliphatic heterocycles. The minimum Gasteiger partial charge on any atom is -0.200 e. The van der Waals surface area contributed by atoms with E-state index in [1.165, 1.54) is 18.6 Å². The van der Waals surface area contributed by atoms with Crippen LogP contribution in [0.1, 0.15) is 12.8 Å². The van der Waals surface area contributed by atoms with Crippen LogP contribution in [0.25, 0.3) is 0 Å². The van der Waals surface area contributed by atoms with Crippen molar-refractivity contribution in [2.24, 2.45) is 22.9 Å². The number of benzene rings is 1. The maximum atomic E-state index is 12.0. The van der Waals surface area contributed by atoms with Gasteiger partial charge in [0.1, 0.15) is 0 Å². The summed E-state index contributed by atoms with van der Waals surface area (Å²) < 4.78 is 24.0. The van der Waals surface area contributed by atoms with Gasteiger partial charge in [0.2, 0.25) is 0 Å². The van der Waals surface area contributed by atoms with Crippen molar-refractivity contribution >= 4 is 27.8 Å². The second kappa shape index (κ2) is 5.22. The molecule has 1 N–H and O–H groups in total. The van der Waals surface area contributed by atoms with Crippen molar-refractivity contribution in [3.05, 3.63) is 41.4 Å². The molecule has 106 valence electrons. The van der Waals surface area contributed by atoms with Crippen molar-refractivity contribution in [1.82, 2.24) is 4.83 Å². The summed E-state index contributed by atoms with van der Waals surface area (Å²) in [6.45, 7) is 0. The minimum atomic E-state index is -3.61. The molecule has 0 saturated heterocycles. The van der Waals surface area contributed by atoms with Gasteiger partial charge in [-0.05, 0) is 48.9 Å². The van der Waals surface area contributed by atoms with Crippen molar-refractivity contribution in [3.63, 3.8) is 0 Å².